The first-order valence-corrected chi connectivity index (χ1v) is 8.04. The van der Waals surface area contributed by atoms with Crippen molar-refractivity contribution in [3.05, 3.63) is 0 Å². The molecule has 1 heterocycles. The van der Waals surface area contributed by atoms with Crippen molar-refractivity contribution in [2.45, 2.75) is 71.9 Å². The lowest BCUT2D eigenvalue weighted by Gasteiger charge is -2.33. The highest BCUT2D eigenvalue weighted by atomic mass is 16.2. The van der Waals surface area contributed by atoms with Gasteiger partial charge in [-0.1, -0.05) is 27.7 Å². The molecule has 1 atom stereocenters. The van der Waals surface area contributed by atoms with E-state index < -0.39 is 0 Å². The van der Waals surface area contributed by atoms with E-state index in [-0.39, 0.29) is 29.3 Å². The van der Waals surface area contributed by atoms with Crippen LogP contribution in [-0.2, 0) is 9.59 Å². The molecule has 1 unspecified atom stereocenters. The van der Waals surface area contributed by atoms with Crippen molar-refractivity contribution in [1.29, 1.82) is 0 Å². The minimum atomic E-state index is -0.0741. The van der Waals surface area contributed by atoms with Crippen molar-refractivity contribution < 1.29 is 9.59 Å². The van der Waals surface area contributed by atoms with E-state index in [1.807, 2.05) is 11.8 Å². The normalized spacial score (nSPS) is 18.4. The first kappa shape index (κ1) is 18.0. The standard InChI is InChI=1S/C16H31N3O2/c1-5-14(20)18-13-6-8-19(9-7-13)15(21)10-12(17)11-16(2,3)4/h12-13H,5-11,17H2,1-4H3,(H,18,20). The van der Waals surface area contributed by atoms with Gasteiger partial charge in [-0.05, 0) is 24.7 Å². The van der Waals surface area contributed by atoms with E-state index in [4.69, 9.17) is 5.73 Å². The van der Waals surface area contributed by atoms with Crippen LogP contribution in [0.25, 0.3) is 0 Å². The van der Waals surface area contributed by atoms with Gasteiger partial charge in [0, 0.05) is 38.0 Å². The number of amides is 2. The average Bonchev–Trinajstić information content (AvgIpc) is 2.36. The maximum Gasteiger partial charge on any atom is 0.224 e. The Morgan fingerprint density at radius 2 is 1.86 bits per heavy atom. The van der Waals surface area contributed by atoms with Gasteiger partial charge in [-0.15, -0.1) is 0 Å². The van der Waals surface area contributed by atoms with E-state index in [9.17, 15) is 9.59 Å². The molecule has 0 saturated carbocycles. The van der Waals surface area contributed by atoms with E-state index in [2.05, 4.69) is 26.1 Å². The first-order chi connectivity index (χ1) is 9.71. The molecule has 0 spiro atoms. The summed E-state index contributed by atoms with van der Waals surface area (Å²) in [5.74, 6) is 0.235. The highest BCUT2D eigenvalue weighted by Crippen LogP contribution is 2.22. The zero-order chi connectivity index (χ0) is 16.0. The SMILES string of the molecule is CCC(=O)NC1CCN(C(=O)CC(N)CC(C)(C)C)CC1. The van der Waals surface area contributed by atoms with Crippen LogP contribution in [0, 0.1) is 5.41 Å². The Morgan fingerprint density at radius 3 is 2.33 bits per heavy atom. The van der Waals surface area contributed by atoms with Crippen LogP contribution in [-0.4, -0.2) is 41.9 Å². The highest BCUT2D eigenvalue weighted by Gasteiger charge is 2.25. The summed E-state index contributed by atoms with van der Waals surface area (Å²) in [4.78, 5) is 25.5. The first-order valence-electron chi connectivity index (χ1n) is 8.04. The zero-order valence-corrected chi connectivity index (χ0v) is 13.9. The quantitative estimate of drug-likeness (QED) is 0.810. The number of piperidine rings is 1. The fourth-order valence-electron chi connectivity index (χ4n) is 2.82. The topological polar surface area (TPSA) is 75.4 Å². The lowest BCUT2D eigenvalue weighted by Crippen LogP contribution is -2.47. The summed E-state index contributed by atoms with van der Waals surface area (Å²) in [6, 6.07) is 0.139. The molecule has 3 N–H and O–H groups in total. The van der Waals surface area contributed by atoms with Gasteiger partial charge >= 0.3 is 0 Å². The summed E-state index contributed by atoms with van der Waals surface area (Å²) < 4.78 is 0. The summed E-state index contributed by atoms with van der Waals surface area (Å²) >= 11 is 0. The molecule has 1 aliphatic heterocycles. The van der Waals surface area contributed by atoms with Crippen molar-refractivity contribution >= 4 is 11.8 Å². The molecule has 1 aliphatic rings. The van der Waals surface area contributed by atoms with Crippen LogP contribution in [0.4, 0.5) is 0 Å². The van der Waals surface area contributed by atoms with Crippen molar-refractivity contribution in [2.75, 3.05) is 13.1 Å². The second kappa shape index (κ2) is 7.78. The monoisotopic (exact) mass is 297 g/mol. The molecular weight excluding hydrogens is 266 g/mol. The number of hydrogen-bond donors (Lipinski definition) is 2. The Balaban J connectivity index is 2.33. The van der Waals surface area contributed by atoms with Crippen molar-refractivity contribution in [3.63, 3.8) is 0 Å². The lowest BCUT2D eigenvalue weighted by molar-refractivity contribution is -0.132. The van der Waals surface area contributed by atoms with Gasteiger partial charge in [-0.3, -0.25) is 9.59 Å². The molecule has 0 aromatic heterocycles. The molecule has 1 saturated heterocycles. The van der Waals surface area contributed by atoms with Gasteiger partial charge in [0.2, 0.25) is 11.8 Å². The smallest absolute Gasteiger partial charge is 0.224 e. The second-order valence-electron chi connectivity index (χ2n) is 7.31. The fraction of sp³-hybridized carbons (Fsp3) is 0.875. The lowest BCUT2D eigenvalue weighted by atomic mass is 9.87. The third-order valence-corrected chi connectivity index (χ3v) is 3.85. The van der Waals surface area contributed by atoms with Crippen molar-refractivity contribution in [3.8, 4) is 0 Å². The number of likely N-dealkylation sites (tertiary alicyclic amines) is 1. The molecule has 2 amide bonds. The molecule has 5 nitrogen and oxygen atoms in total. The Morgan fingerprint density at radius 1 is 1.29 bits per heavy atom. The molecule has 21 heavy (non-hydrogen) atoms. The van der Waals surface area contributed by atoms with Gasteiger partial charge < -0.3 is 16.0 Å². The maximum atomic E-state index is 12.2. The van der Waals surface area contributed by atoms with E-state index in [1.165, 1.54) is 0 Å². The Hall–Kier alpha value is -1.10. The third kappa shape index (κ3) is 6.93. The molecule has 0 aromatic carbocycles. The number of carbonyl (C=O) groups is 2. The van der Waals surface area contributed by atoms with Gasteiger partial charge in [0.05, 0.1) is 0 Å². The second-order valence-corrected chi connectivity index (χ2v) is 7.31. The van der Waals surface area contributed by atoms with Gasteiger partial charge in [0.1, 0.15) is 0 Å². The van der Waals surface area contributed by atoms with Gasteiger partial charge in [-0.2, -0.15) is 0 Å². The predicted molar refractivity (Wildman–Crippen MR) is 84.7 cm³/mol. The number of carbonyl (C=O) groups excluding carboxylic acids is 2. The summed E-state index contributed by atoms with van der Waals surface area (Å²) in [5.41, 5.74) is 6.22. The van der Waals surface area contributed by atoms with E-state index in [0.29, 0.717) is 12.8 Å². The maximum absolute atomic E-state index is 12.2. The molecule has 0 aliphatic carbocycles. The number of rotatable bonds is 5. The van der Waals surface area contributed by atoms with Crippen LogP contribution >= 0.6 is 0 Å². The number of nitrogens with two attached hydrogens (primary N) is 1. The van der Waals surface area contributed by atoms with Crippen LogP contribution in [0.5, 0.6) is 0 Å². The van der Waals surface area contributed by atoms with E-state index in [1.54, 1.807) is 0 Å². The number of hydrogen-bond acceptors (Lipinski definition) is 3. The van der Waals surface area contributed by atoms with Crippen LogP contribution < -0.4 is 11.1 Å². The number of nitrogens with one attached hydrogen (secondary N) is 1. The summed E-state index contributed by atoms with van der Waals surface area (Å²) in [6.45, 7) is 9.70. The van der Waals surface area contributed by atoms with Crippen LogP contribution in [0.15, 0.2) is 0 Å². The summed E-state index contributed by atoms with van der Waals surface area (Å²) in [7, 11) is 0. The summed E-state index contributed by atoms with van der Waals surface area (Å²) in [6.07, 6.45) is 3.46. The largest absolute Gasteiger partial charge is 0.353 e. The average molecular weight is 297 g/mol. The van der Waals surface area contributed by atoms with Gasteiger partial charge in [0.15, 0.2) is 0 Å². The predicted octanol–water partition coefficient (Wildman–Crippen LogP) is 1.66. The van der Waals surface area contributed by atoms with Crippen LogP contribution in [0.1, 0.15) is 59.8 Å². The third-order valence-electron chi connectivity index (χ3n) is 3.85. The Kier molecular flexibility index (Phi) is 6.65. The van der Waals surface area contributed by atoms with Crippen LogP contribution in [0.3, 0.4) is 0 Å². The molecule has 0 aromatic rings. The number of nitrogens with zero attached hydrogens (tertiary/aromatic N) is 1. The molecule has 122 valence electrons. The van der Waals surface area contributed by atoms with Gasteiger partial charge in [-0.25, -0.2) is 0 Å². The molecule has 1 rings (SSSR count). The van der Waals surface area contributed by atoms with Gasteiger partial charge in [0.25, 0.3) is 0 Å². The fourth-order valence-corrected chi connectivity index (χ4v) is 2.82. The van der Waals surface area contributed by atoms with E-state index >= 15 is 0 Å². The highest BCUT2D eigenvalue weighted by molar-refractivity contribution is 5.77. The molecular formula is C16H31N3O2. The Labute approximate surface area is 128 Å². The Bertz CT molecular complexity index is 355. The van der Waals surface area contributed by atoms with E-state index in [0.717, 1.165) is 32.4 Å². The van der Waals surface area contributed by atoms with Crippen LogP contribution in [0.2, 0.25) is 0 Å². The van der Waals surface area contributed by atoms with Crippen molar-refractivity contribution in [2.24, 2.45) is 11.1 Å². The molecule has 5 heteroatoms. The molecule has 1 fully saturated rings. The zero-order valence-electron chi connectivity index (χ0n) is 13.9. The molecule has 0 bridgehead atoms. The molecule has 0 radical (unpaired) electrons. The summed E-state index contributed by atoms with van der Waals surface area (Å²) in [5, 5.41) is 3.00. The minimum absolute atomic E-state index is 0.0741. The minimum Gasteiger partial charge on any atom is -0.353 e. The van der Waals surface area contributed by atoms with Crippen molar-refractivity contribution in [1.82, 2.24) is 10.2 Å².